The van der Waals surface area contributed by atoms with Crippen molar-refractivity contribution in [1.82, 2.24) is 5.32 Å². The first-order valence-electron chi connectivity index (χ1n) is 8.22. The molecule has 1 heterocycles. The molecule has 0 atom stereocenters. The molecule has 0 bridgehead atoms. The van der Waals surface area contributed by atoms with Crippen molar-refractivity contribution in [3.63, 3.8) is 0 Å². The third-order valence-corrected chi connectivity index (χ3v) is 4.65. The molecule has 1 amide bonds. The van der Waals surface area contributed by atoms with Crippen LogP contribution in [0.15, 0.2) is 24.3 Å². The standard InChI is InChI=1S/C18H28N2O/c1-4-10-18(11-13-19-14-12-18)17(21)20(5-2)16-8-6-15(3)7-9-16/h6-9,19H,4-5,10-14H2,1-3H3. The van der Waals surface area contributed by atoms with Crippen LogP contribution < -0.4 is 10.2 Å². The molecule has 0 aliphatic carbocycles. The van der Waals surface area contributed by atoms with Crippen molar-refractivity contribution in [1.29, 1.82) is 0 Å². The smallest absolute Gasteiger partial charge is 0.233 e. The van der Waals surface area contributed by atoms with Gasteiger partial charge in [0.25, 0.3) is 0 Å². The molecule has 21 heavy (non-hydrogen) atoms. The summed E-state index contributed by atoms with van der Waals surface area (Å²) in [6.07, 6.45) is 3.98. The third kappa shape index (κ3) is 3.46. The topological polar surface area (TPSA) is 32.3 Å². The molecule has 0 radical (unpaired) electrons. The molecule has 1 saturated heterocycles. The van der Waals surface area contributed by atoms with E-state index in [0.717, 1.165) is 51.0 Å². The van der Waals surface area contributed by atoms with Gasteiger partial charge in [0, 0.05) is 12.2 Å². The predicted octanol–water partition coefficient (Wildman–Crippen LogP) is 3.52. The number of hydrogen-bond acceptors (Lipinski definition) is 2. The van der Waals surface area contributed by atoms with E-state index < -0.39 is 0 Å². The van der Waals surface area contributed by atoms with Crippen molar-refractivity contribution in [2.75, 3.05) is 24.5 Å². The number of amides is 1. The van der Waals surface area contributed by atoms with Crippen molar-refractivity contribution in [2.24, 2.45) is 5.41 Å². The first-order valence-corrected chi connectivity index (χ1v) is 8.22. The molecule has 0 spiro atoms. The Labute approximate surface area is 128 Å². The zero-order chi connectivity index (χ0) is 15.3. The lowest BCUT2D eigenvalue weighted by Gasteiger charge is -2.40. The van der Waals surface area contributed by atoms with Gasteiger partial charge >= 0.3 is 0 Å². The van der Waals surface area contributed by atoms with E-state index in [4.69, 9.17) is 0 Å². The number of nitrogens with one attached hydrogen (secondary N) is 1. The highest BCUT2D eigenvalue weighted by molar-refractivity contribution is 5.97. The second-order valence-corrected chi connectivity index (χ2v) is 6.17. The molecular formula is C18H28N2O. The van der Waals surface area contributed by atoms with Crippen LogP contribution in [0.3, 0.4) is 0 Å². The maximum absolute atomic E-state index is 13.2. The van der Waals surface area contributed by atoms with E-state index in [1.165, 1.54) is 5.56 Å². The maximum atomic E-state index is 13.2. The fourth-order valence-corrected chi connectivity index (χ4v) is 3.41. The van der Waals surface area contributed by atoms with Crippen LogP contribution in [-0.4, -0.2) is 25.5 Å². The van der Waals surface area contributed by atoms with Gasteiger partial charge in [-0.3, -0.25) is 4.79 Å². The molecular weight excluding hydrogens is 260 g/mol. The van der Waals surface area contributed by atoms with Gasteiger partial charge in [0.1, 0.15) is 0 Å². The van der Waals surface area contributed by atoms with E-state index >= 15 is 0 Å². The van der Waals surface area contributed by atoms with Crippen molar-refractivity contribution in [2.45, 2.75) is 46.5 Å². The highest BCUT2D eigenvalue weighted by atomic mass is 16.2. The summed E-state index contributed by atoms with van der Waals surface area (Å²) in [6.45, 7) is 8.97. The molecule has 0 unspecified atom stereocenters. The van der Waals surface area contributed by atoms with Crippen LogP contribution in [0, 0.1) is 12.3 Å². The van der Waals surface area contributed by atoms with E-state index in [1.54, 1.807) is 0 Å². The molecule has 1 N–H and O–H groups in total. The van der Waals surface area contributed by atoms with Gasteiger partial charge in [0.2, 0.25) is 5.91 Å². The average molecular weight is 288 g/mol. The van der Waals surface area contributed by atoms with E-state index in [1.807, 2.05) is 4.90 Å². The Morgan fingerprint density at radius 1 is 1.19 bits per heavy atom. The number of carbonyl (C=O) groups is 1. The monoisotopic (exact) mass is 288 g/mol. The lowest BCUT2D eigenvalue weighted by atomic mass is 9.74. The van der Waals surface area contributed by atoms with Crippen LogP contribution in [0.4, 0.5) is 5.69 Å². The number of hydrogen-bond donors (Lipinski definition) is 1. The summed E-state index contributed by atoms with van der Waals surface area (Å²) in [7, 11) is 0. The van der Waals surface area contributed by atoms with Crippen LogP contribution >= 0.6 is 0 Å². The molecule has 1 aromatic carbocycles. The van der Waals surface area contributed by atoms with Crippen molar-refractivity contribution in [3.05, 3.63) is 29.8 Å². The Bertz CT molecular complexity index is 455. The summed E-state index contributed by atoms with van der Waals surface area (Å²) in [5.74, 6) is 0.317. The maximum Gasteiger partial charge on any atom is 0.233 e. The van der Waals surface area contributed by atoms with Gasteiger partial charge in [-0.25, -0.2) is 0 Å². The third-order valence-electron chi connectivity index (χ3n) is 4.65. The van der Waals surface area contributed by atoms with Gasteiger partial charge in [-0.1, -0.05) is 31.0 Å². The number of nitrogens with zero attached hydrogens (tertiary/aromatic N) is 1. The largest absolute Gasteiger partial charge is 0.317 e. The van der Waals surface area contributed by atoms with Gasteiger partial charge in [0.15, 0.2) is 0 Å². The number of anilines is 1. The van der Waals surface area contributed by atoms with Crippen LogP contribution in [0.5, 0.6) is 0 Å². The Balaban J connectivity index is 2.26. The van der Waals surface area contributed by atoms with Gasteiger partial charge in [-0.05, 0) is 58.3 Å². The first kappa shape index (κ1) is 16.0. The van der Waals surface area contributed by atoms with E-state index in [2.05, 4.69) is 50.4 Å². The lowest BCUT2D eigenvalue weighted by molar-refractivity contribution is -0.130. The number of rotatable bonds is 5. The molecule has 2 rings (SSSR count). The molecule has 3 heteroatoms. The normalized spacial score (nSPS) is 17.5. The highest BCUT2D eigenvalue weighted by Crippen LogP contribution is 2.37. The minimum absolute atomic E-state index is 0.166. The molecule has 1 aromatic rings. The summed E-state index contributed by atoms with van der Waals surface area (Å²) in [4.78, 5) is 15.2. The van der Waals surface area contributed by atoms with Crippen molar-refractivity contribution in [3.8, 4) is 0 Å². The van der Waals surface area contributed by atoms with Crippen LogP contribution in [-0.2, 0) is 4.79 Å². The van der Waals surface area contributed by atoms with Gasteiger partial charge in [-0.2, -0.15) is 0 Å². The Morgan fingerprint density at radius 2 is 1.81 bits per heavy atom. The Kier molecular flexibility index (Phi) is 5.40. The highest BCUT2D eigenvalue weighted by Gasteiger charge is 2.41. The van der Waals surface area contributed by atoms with E-state index in [9.17, 15) is 4.79 Å². The average Bonchev–Trinajstić information content (AvgIpc) is 2.51. The summed E-state index contributed by atoms with van der Waals surface area (Å²) in [5, 5.41) is 3.39. The summed E-state index contributed by atoms with van der Waals surface area (Å²) in [6, 6.07) is 8.30. The quantitative estimate of drug-likeness (QED) is 0.899. The van der Waals surface area contributed by atoms with Crippen molar-refractivity contribution >= 4 is 11.6 Å². The number of piperidine rings is 1. The summed E-state index contributed by atoms with van der Waals surface area (Å²) < 4.78 is 0. The number of benzene rings is 1. The van der Waals surface area contributed by atoms with Crippen LogP contribution in [0.2, 0.25) is 0 Å². The Morgan fingerprint density at radius 3 is 2.33 bits per heavy atom. The molecule has 1 fully saturated rings. The predicted molar refractivity (Wildman–Crippen MR) is 88.7 cm³/mol. The summed E-state index contributed by atoms with van der Waals surface area (Å²) in [5.41, 5.74) is 2.09. The van der Waals surface area contributed by atoms with Gasteiger partial charge < -0.3 is 10.2 Å². The van der Waals surface area contributed by atoms with E-state index in [0.29, 0.717) is 5.91 Å². The van der Waals surface area contributed by atoms with Gasteiger partial charge in [0.05, 0.1) is 5.41 Å². The fraction of sp³-hybridized carbons (Fsp3) is 0.611. The van der Waals surface area contributed by atoms with Crippen LogP contribution in [0.1, 0.15) is 45.1 Å². The summed E-state index contributed by atoms with van der Waals surface area (Å²) >= 11 is 0. The lowest BCUT2D eigenvalue weighted by Crippen LogP contribution is -2.49. The molecule has 0 aromatic heterocycles. The minimum Gasteiger partial charge on any atom is -0.317 e. The zero-order valence-electron chi connectivity index (χ0n) is 13.6. The zero-order valence-corrected chi connectivity index (χ0v) is 13.6. The SMILES string of the molecule is CCCC1(C(=O)N(CC)c2ccc(C)cc2)CCNCC1. The minimum atomic E-state index is -0.166. The number of aryl methyl sites for hydroxylation is 1. The number of carbonyl (C=O) groups excluding carboxylic acids is 1. The molecule has 1 aliphatic heterocycles. The van der Waals surface area contributed by atoms with Gasteiger partial charge in [-0.15, -0.1) is 0 Å². The molecule has 116 valence electrons. The second-order valence-electron chi connectivity index (χ2n) is 6.17. The fourth-order valence-electron chi connectivity index (χ4n) is 3.41. The van der Waals surface area contributed by atoms with Crippen LogP contribution in [0.25, 0.3) is 0 Å². The van der Waals surface area contributed by atoms with E-state index in [-0.39, 0.29) is 5.41 Å². The van der Waals surface area contributed by atoms with Crippen molar-refractivity contribution < 1.29 is 4.79 Å². The molecule has 0 saturated carbocycles. The Hall–Kier alpha value is -1.35. The molecule has 1 aliphatic rings. The first-order chi connectivity index (χ1) is 10.1. The second kappa shape index (κ2) is 7.08. The molecule has 3 nitrogen and oxygen atoms in total.